The van der Waals surface area contributed by atoms with E-state index in [9.17, 15) is 20.4 Å². The highest BCUT2D eigenvalue weighted by molar-refractivity contribution is 7.24. The molecule has 15 heterocycles. The standard InChI is InChI=1S/3C15H17N5OS.2C13H15N5OS/c3*16-14-7-12(18-8-1-2-9(21)5-8)15-11(19-14)6-13(22-15)10-3-4-17-20-10;1-7(19)6-15-9-5-12(14)17-10-4-11(20-13(9)10)8-2-3-16-18-8;14-11-7-9(15-3-2-6-19)13-10(17-11)8-12(20-13)18-5-1-4-16-18/h3*3-4,6-9,21H,1-2,5H2,(H,17,20)(H3,16,18,19);2-5,7,19H,6H2,1H3,(H,16,18)(H3,14,15,17);1,4-5,7-8,19H,2-3,6H2,(H3,14,15,17)/t8-,9+;2*8-,9-;7-;/m1110./s1. The monoisotopic (exact) mass is 1520 g/mol. The molecule has 550 valence electrons. The number of aliphatic hydroxyl groups excluding tert-OH is 5. The van der Waals surface area contributed by atoms with Gasteiger partial charge in [0, 0.05) is 111 Å². The molecule has 35 heteroatoms. The van der Waals surface area contributed by atoms with Crippen molar-refractivity contribution in [2.24, 2.45) is 0 Å². The van der Waals surface area contributed by atoms with E-state index >= 15 is 0 Å². The van der Waals surface area contributed by atoms with E-state index in [1.807, 2.05) is 91.1 Å². The minimum atomic E-state index is -0.425. The van der Waals surface area contributed by atoms with E-state index in [1.165, 1.54) is 0 Å². The van der Waals surface area contributed by atoms with Crippen molar-refractivity contribution in [2.75, 3.05) is 74.9 Å². The van der Waals surface area contributed by atoms with Crippen molar-refractivity contribution in [3.8, 4) is 47.3 Å². The minimum Gasteiger partial charge on any atom is -0.396 e. The van der Waals surface area contributed by atoms with E-state index in [0.717, 1.165) is 185 Å². The summed E-state index contributed by atoms with van der Waals surface area (Å²) in [7, 11) is 0. The number of nitrogens with one attached hydrogen (secondary N) is 9. The van der Waals surface area contributed by atoms with E-state index in [4.69, 9.17) is 33.8 Å². The minimum absolute atomic E-state index is 0.166. The van der Waals surface area contributed by atoms with Gasteiger partial charge in [-0.2, -0.15) is 25.5 Å². The summed E-state index contributed by atoms with van der Waals surface area (Å²) in [6.45, 7) is 3.07. The number of nitrogens with two attached hydrogens (primary N) is 5. The second-order valence-electron chi connectivity index (χ2n) is 26.1. The Morgan fingerprint density at radius 3 is 1.10 bits per heavy atom. The molecule has 3 aliphatic carbocycles. The van der Waals surface area contributed by atoms with Gasteiger partial charge in [0.25, 0.3) is 0 Å². The van der Waals surface area contributed by atoms with Crippen LogP contribution in [-0.4, -0.2) is 163 Å². The molecule has 7 atom stereocenters. The number of hydrogen-bond acceptors (Lipinski definition) is 30. The zero-order valence-corrected chi connectivity index (χ0v) is 61.5. The van der Waals surface area contributed by atoms with Crippen LogP contribution in [0.5, 0.6) is 0 Å². The number of aromatic nitrogens is 15. The van der Waals surface area contributed by atoms with Crippen LogP contribution >= 0.6 is 56.7 Å². The first kappa shape index (κ1) is 72.3. The van der Waals surface area contributed by atoms with Crippen LogP contribution < -0.4 is 55.3 Å². The van der Waals surface area contributed by atoms with Crippen LogP contribution in [0, 0.1) is 0 Å². The van der Waals surface area contributed by atoms with Crippen LogP contribution in [0.1, 0.15) is 71.1 Å². The van der Waals surface area contributed by atoms with Gasteiger partial charge < -0.3 is 80.8 Å². The number of fused-ring (bicyclic) bond motifs is 5. The third kappa shape index (κ3) is 17.5. The van der Waals surface area contributed by atoms with Gasteiger partial charge in [-0.25, -0.2) is 29.6 Å². The highest BCUT2D eigenvalue weighted by atomic mass is 32.1. The summed E-state index contributed by atoms with van der Waals surface area (Å²) in [5.74, 6) is 2.45. The van der Waals surface area contributed by atoms with Crippen molar-refractivity contribution in [2.45, 2.75) is 114 Å². The molecule has 0 unspecified atom stereocenters. The van der Waals surface area contributed by atoms with Crippen LogP contribution in [0.4, 0.5) is 57.5 Å². The molecule has 0 bridgehead atoms. The summed E-state index contributed by atoms with van der Waals surface area (Å²) in [5.41, 5.74) is 42.5. The molecule has 0 saturated heterocycles. The molecule has 18 rings (SSSR count). The predicted molar refractivity (Wildman–Crippen MR) is 430 cm³/mol. The largest absolute Gasteiger partial charge is 0.396 e. The van der Waals surface area contributed by atoms with Gasteiger partial charge in [-0.05, 0) is 126 Å². The second-order valence-corrected chi connectivity index (χ2v) is 31.3. The normalized spacial score (nSPS) is 17.9. The summed E-state index contributed by atoms with van der Waals surface area (Å²) in [4.78, 5) is 26.3. The first-order valence-corrected chi connectivity index (χ1v) is 38.7. The van der Waals surface area contributed by atoms with Crippen molar-refractivity contribution in [3.63, 3.8) is 0 Å². The Kier molecular flexibility index (Phi) is 22.4. The highest BCUT2D eigenvalue weighted by Gasteiger charge is 2.27. The lowest BCUT2D eigenvalue weighted by Gasteiger charge is -2.14. The predicted octanol–water partition coefficient (Wildman–Crippen LogP) is 11.7. The number of rotatable bonds is 18. The Morgan fingerprint density at radius 2 is 0.792 bits per heavy atom. The van der Waals surface area contributed by atoms with Crippen molar-refractivity contribution >= 4 is 165 Å². The van der Waals surface area contributed by atoms with Gasteiger partial charge in [-0.3, -0.25) is 20.4 Å². The van der Waals surface area contributed by atoms with Crippen LogP contribution in [0.2, 0.25) is 0 Å². The molecular formula is C71H81N25O5S5. The first-order valence-electron chi connectivity index (χ1n) is 34.6. The molecule has 0 spiro atoms. The maximum absolute atomic E-state index is 9.69. The third-order valence-corrected chi connectivity index (χ3v) is 23.7. The zero-order valence-electron chi connectivity index (χ0n) is 57.4. The van der Waals surface area contributed by atoms with Crippen molar-refractivity contribution in [1.29, 1.82) is 0 Å². The number of pyridine rings is 5. The summed E-state index contributed by atoms with van der Waals surface area (Å²) in [6.07, 6.45) is 18.1. The van der Waals surface area contributed by atoms with E-state index in [-0.39, 0.29) is 43.0 Å². The molecule has 0 aliphatic heterocycles. The van der Waals surface area contributed by atoms with Crippen LogP contribution in [-0.2, 0) is 0 Å². The lowest BCUT2D eigenvalue weighted by molar-refractivity contribution is 0.181. The van der Waals surface area contributed by atoms with Crippen molar-refractivity contribution < 1.29 is 25.5 Å². The fourth-order valence-corrected chi connectivity index (χ4v) is 18.1. The molecule has 3 aliphatic rings. The maximum Gasteiger partial charge on any atom is 0.126 e. The van der Waals surface area contributed by atoms with Gasteiger partial charge >= 0.3 is 0 Å². The lowest BCUT2D eigenvalue weighted by Crippen LogP contribution is -2.16. The number of anilines is 10. The average Bonchev–Trinajstić information content (AvgIpc) is 1.67. The fourth-order valence-electron chi connectivity index (χ4n) is 12.9. The number of H-pyrrole nitrogens is 4. The SMILES string of the molecule is C[C@H](O)CNc1cc(N)nc2cc(-c3ccn[nH]3)sc12.Nc1cc(NCCCO)c2sc(-n3cccn3)cc2n1.Nc1cc(N[C@@H]2CC[C@@H](O)C2)c2sc(-c3ccn[nH]3)cc2n1.Nc1cc(N[C@@H]2CC[C@@H](O)C2)c2sc(-c3ccn[nH]3)cc2n1.Nc1cc(N[C@@H]2CC[C@H](O)C2)c2sc(-c3ccn[nH]3)cc2n1. The van der Waals surface area contributed by atoms with Gasteiger partial charge in [-0.1, -0.05) is 0 Å². The second kappa shape index (κ2) is 32.8. The maximum atomic E-state index is 9.69. The van der Waals surface area contributed by atoms with Crippen LogP contribution in [0.3, 0.4) is 0 Å². The smallest absolute Gasteiger partial charge is 0.126 e. The molecule has 3 saturated carbocycles. The molecule has 15 aromatic heterocycles. The van der Waals surface area contributed by atoms with Gasteiger partial charge in [0.15, 0.2) is 0 Å². The Bertz CT molecular complexity index is 5030. The van der Waals surface area contributed by atoms with E-state index in [2.05, 4.69) is 97.4 Å². The summed E-state index contributed by atoms with van der Waals surface area (Å²) in [5, 5.41) is 97.4. The molecular weight excluding hydrogens is 1440 g/mol. The summed E-state index contributed by atoms with van der Waals surface area (Å²) < 4.78 is 7.12. The van der Waals surface area contributed by atoms with E-state index < -0.39 is 6.10 Å². The number of thiophene rings is 5. The molecule has 0 aromatic carbocycles. The quantitative estimate of drug-likeness (QED) is 0.0355. The van der Waals surface area contributed by atoms with Crippen molar-refractivity contribution in [1.82, 2.24) is 75.5 Å². The van der Waals surface area contributed by atoms with E-state index in [0.29, 0.717) is 48.6 Å². The molecule has 106 heavy (non-hydrogen) atoms. The Balaban J connectivity index is 0.000000111. The molecule has 0 radical (unpaired) electrons. The number of nitrogen functional groups attached to an aromatic ring is 5. The Morgan fingerprint density at radius 1 is 0.453 bits per heavy atom. The molecule has 3 fully saturated rings. The first-order chi connectivity index (χ1) is 51.5. The number of hydrogen-bond donors (Lipinski definition) is 19. The average molecular weight is 1520 g/mol. The zero-order chi connectivity index (χ0) is 73.4. The van der Waals surface area contributed by atoms with Crippen LogP contribution in [0.25, 0.3) is 98.4 Å². The Labute approximate surface area is 626 Å². The number of aromatic amines is 4. The molecule has 30 nitrogen and oxygen atoms in total. The highest BCUT2D eigenvalue weighted by Crippen LogP contribution is 2.43. The van der Waals surface area contributed by atoms with Gasteiger partial charge in [-0.15, -0.1) is 56.7 Å². The third-order valence-electron chi connectivity index (χ3n) is 17.8. The molecule has 24 N–H and O–H groups in total. The Hall–Kier alpha value is -10.6. The van der Waals surface area contributed by atoms with E-state index in [1.54, 1.807) is 105 Å². The lowest BCUT2D eigenvalue weighted by atomic mass is 10.2. The topological polar surface area (TPSA) is 488 Å². The number of nitrogens with zero attached hydrogens (tertiary/aromatic N) is 11. The van der Waals surface area contributed by atoms with Gasteiger partial charge in [0.2, 0.25) is 0 Å². The van der Waals surface area contributed by atoms with Crippen LogP contribution in [0.15, 0.2) is 128 Å². The number of aliphatic hydroxyl groups is 5. The molecule has 0 amide bonds. The van der Waals surface area contributed by atoms with Gasteiger partial charge in [0.05, 0.1) is 146 Å². The van der Waals surface area contributed by atoms with Crippen molar-refractivity contribution in [3.05, 3.63) is 128 Å². The van der Waals surface area contributed by atoms with Gasteiger partial charge in [0.1, 0.15) is 34.1 Å². The fraction of sp³-hybridized carbons (Fsp3) is 0.296. The molecule has 15 aromatic rings. The summed E-state index contributed by atoms with van der Waals surface area (Å²) >= 11 is 8.19. The summed E-state index contributed by atoms with van der Waals surface area (Å²) in [6, 6.07) is 29.8.